The van der Waals surface area contributed by atoms with Gasteiger partial charge in [-0.3, -0.25) is 14.9 Å². The number of carbonyl (C=O) groups excluding carboxylic acids is 1. The van der Waals surface area contributed by atoms with Crippen LogP contribution >= 0.6 is 0 Å². The molecule has 7 nitrogen and oxygen atoms in total. The number of carbonyl (C=O) groups is 1. The molecule has 114 valence electrons. The van der Waals surface area contributed by atoms with Crippen molar-refractivity contribution < 1.29 is 9.72 Å². The molecule has 7 heteroatoms. The van der Waals surface area contributed by atoms with Crippen molar-refractivity contribution in [3.63, 3.8) is 0 Å². The minimum absolute atomic E-state index is 0.0769. The van der Waals surface area contributed by atoms with E-state index >= 15 is 0 Å². The second-order valence-electron chi connectivity index (χ2n) is 5.10. The monoisotopic (exact) mass is 292 g/mol. The van der Waals surface area contributed by atoms with E-state index in [2.05, 4.69) is 16.0 Å². The van der Waals surface area contributed by atoms with Crippen LogP contribution in [0.4, 0.5) is 11.4 Å². The third kappa shape index (κ3) is 3.91. The molecule has 1 aromatic carbocycles. The van der Waals surface area contributed by atoms with Crippen molar-refractivity contribution in [1.29, 1.82) is 0 Å². The molecule has 21 heavy (non-hydrogen) atoms. The van der Waals surface area contributed by atoms with Crippen LogP contribution in [0.2, 0.25) is 0 Å². The molecule has 3 N–H and O–H groups in total. The van der Waals surface area contributed by atoms with E-state index in [1.807, 2.05) is 0 Å². The fraction of sp³-hybridized carbons (Fsp3) is 0.500. The van der Waals surface area contributed by atoms with Gasteiger partial charge < -0.3 is 16.0 Å². The number of piperidine rings is 1. The predicted molar refractivity (Wildman–Crippen MR) is 80.6 cm³/mol. The van der Waals surface area contributed by atoms with Crippen molar-refractivity contribution >= 4 is 17.3 Å². The summed E-state index contributed by atoms with van der Waals surface area (Å²) in [7, 11) is 1.50. The number of rotatable bonds is 5. The number of anilines is 1. The third-order valence-electron chi connectivity index (χ3n) is 3.63. The molecule has 0 aromatic heterocycles. The average molecular weight is 292 g/mol. The number of nitrogens with one attached hydrogen (secondary N) is 3. The van der Waals surface area contributed by atoms with Crippen LogP contribution in [0, 0.1) is 10.1 Å². The Labute approximate surface area is 123 Å². The highest BCUT2D eigenvalue weighted by atomic mass is 16.6. The first kappa shape index (κ1) is 15.2. The maximum absolute atomic E-state index is 11.5. The third-order valence-corrected chi connectivity index (χ3v) is 3.63. The SMILES string of the molecule is CNC(=O)c1ccc(NCC2CCCCN2)c([N+](=O)[O-])c1. The Morgan fingerprint density at radius 2 is 2.29 bits per heavy atom. The van der Waals surface area contributed by atoms with Gasteiger partial charge in [0, 0.05) is 31.3 Å². The smallest absolute Gasteiger partial charge is 0.293 e. The van der Waals surface area contributed by atoms with Crippen LogP contribution in [0.25, 0.3) is 0 Å². The standard InChI is InChI=1S/C14H20N4O3/c1-15-14(19)10-5-6-12(13(8-10)18(20)21)17-9-11-4-2-3-7-16-11/h5-6,8,11,16-17H,2-4,7,9H2,1H3,(H,15,19). The average Bonchev–Trinajstić information content (AvgIpc) is 2.52. The zero-order chi connectivity index (χ0) is 15.2. The van der Waals surface area contributed by atoms with E-state index in [0.717, 1.165) is 13.0 Å². The molecule has 1 saturated heterocycles. The molecule has 2 rings (SSSR count). The predicted octanol–water partition coefficient (Wildman–Crippen LogP) is 1.51. The van der Waals surface area contributed by atoms with Gasteiger partial charge >= 0.3 is 0 Å². The molecule has 1 unspecified atom stereocenters. The van der Waals surface area contributed by atoms with E-state index in [1.165, 1.54) is 26.0 Å². The quantitative estimate of drug-likeness (QED) is 0.564. The number of nitro groups is 1. The van der Waals surface area contributed by atoms with Crippen molar-refractivity contribution in [3.05, 3.63) is 33.9 Å². The lowest BCUT2D eigenvalue weighted by molar-refractivity contribution is -0.384. The summed E-state index contributed by atoms with van der Waals surface area (Å²) in [5.41, 5.74) is 0.650. The van der Waals surface area contributed by atoms with Gasteiger partial charge in [0.25, 0.3) is 11.6 Å². The summed E-state index contributed by atoms with van der Waals surface area (Å²) in [4.78, 5) is 22.2. The van der Waals surface area contributed by atoms with Crippen molar-refractivity contribution in [2.24, 2.45) is 0 Å². The van der Waals surface area contributed by atoms with Crippen LogP contribution in [0.3, 0.4) is 0 Å². The summed E-state index contributed by atoms with van der Waals surface area (Å²) in [5, 5.41) is 20.1. The van der Waals surface area contributed by atoms with Gasteiger partial charge in [-0.25, -0.2) is 0 Å². The van der Waals surface area contributed by atoms with Crippen LogP contribution in [-0.4, -0.2) is 37.0 Å². The zero-order valence-corrected chi connectivity index (χ0v) is 12.0. The van der Waals surface area contributed by atoms with Gasteiger partial charge in [-0.15, -0.1) is 0 Å². The fourth-order valence-corrected chi connectivity index (χ4v) is 2.45. The molecule has 1 heterocycles. The second kappa shape index (κ2) is 7.03. The molecule has 0 bridgehead atoms. The topological polar surface area (TPSA) is 96.3 Å². The number of hydrogen-bond donors (Lipinski definition) is 3. The molecule has 1 aliphatic heterocycles. The Morgan fingerprint density at radius 1 is 1.48 bits per heavy atom. The number of nitro benzene ring substituents is 1. The normalized spacial score (nSPS) is 18.0. The van der Waals surface area contributed by atoms with Crippen molar-refractivity contribution in [2.75, 3.05) is 25.5 Å². The van der Waals surface area contributed by atoms with Gasteiger partial charge in [-0.2, -0.15) is 0 Å². The number of hydrogen-bond acceptors (Lipinski definition) is 5. The van der Waals surface area contributed by atoms with Crippen molar-refractivity contribution in [2.45, 2.75) is 25.3 Å². The van der Waals surface area contributed by atoms with E-state index < -0.39 is 4.92 Å². The first-order valence-corrected chi connectivity index (χ1v) is 7.09. The first-order chi connectivity index (χ1) is 10.1. The maximum atomic E-state index is 11.5. The van der Waals surface area contributed by atoms with Crippen molar-refractivity contribution in [1.82, 2.24) is 10.6 Å². The van der Waals surface area contributed by atoms with Gasteiger partial charge in [-0.1, -0.05) is 6.42 Å². The van der Waals surface area contributed by atoms with Gasteiger partial charge in [0.05, 0.1) is 4.92 Å². The van der Waals surface area contributed by atoms with Gasteiger partial charge in [0.15, 0.2) is 0 Å². The lowest BCUT2D eigenvalue weighted by atomic mass is 10.0. The van der Waals surface area contributed by atoms with Crippen molar-refractivity contribution in [3.8, 4) is 0 Å². The zero-order valence-electron chi connectivity index (χ0n) is 12.0. The van der Waals surface area contributed by atoms with E-state index in [9.17, 15) is 14.9 Å². The molecular weight excluding hydrogens is 272 g/mol. The molecule has 0 radical (unpaired) electrons. The molecule has 1 fully saturated rings. The van der Waals surface area contributed by atoms with Crippen LogP contribution < -0.4 is 16.0 Å². The first-order valence-electron chi connectivity index (χ1n) is 7.09. The number of nitrogens with zero attached hydrogens (tertiary/aromatic N) is 1. The van der Waals surface area contributed by atoms with E-state index in [0.29, 0.717) is 18.3 Å². The second-order valence-corrected chi connectivity index (χ2v) is 5.10. The maximum Gasteiger partial charge on any atom is 0.293 e. The summed E-state index contributed by atoms with van der Waals surface area (Å²) in [6, 6.07) is 4.81. The molecule has 1 aliphatic rings. The highest BCUT2D eigenvalue weighted by Gasteiger charge is 2.19. The van der Waals surface area contributed by atoms with E-state index in [4.69, 9.17) is 0 Å². The highest BCUT2D eigenvalue weighted by Crippen LogP contribution is 2.25. The lowest BCUT2D eigenvalue weighted by Gasteiger charge is -2.24. The molecule has 1 aromatic rings. The molecule has 0 spiro atoms. The Morgan fingerprint density at radius 3 is 2.90 bits per heavy atom. The van der Waals surface area contributed by atoms with Crippen LogP contribution in [-0.2, 0) is 0 Å². The lowest BCUT2D eigenvalue weighted by Crippen LogP contribution is -2.39. The molecular formula is C14H20N4O3. The minimum Gasteiger partial charge on any atom is -0.378 e. The van der Waals surface area contributed by atoms with Crippen LogP contribution in [0.15, 0.2) is 18.2 Å². The summed E-state index contributed by atoms with van der Waals surface area (Å²) in [6.07, 6.45) is 3.42. The molecule has 0 saturated carbocycles. The van der Waals surface area contributed by atoms with Crippen LogP contribution in [0.1, 0.15) is 29.6 Å². The van der Waals surface area contributed by atoms with E-state index in [-0.39, 0.29) is 17.2 Å². The number of benzene rings is 1. The van der Waals surface area contributed by atoms with Gasteiger partial charge in [-0.05, 0) is 31.5 Å². The Bertz CT molecular complexity index is 527. The molecule has 0 aliphatic carbocycles. The Hall–Kier alpha value is -2.15. The van der Waals surface area contributed by atoms with Crippen LogP contribution in [0.5, 0.6) is 0 Å². The largest absolute Gasteiger partial charge is 0.378 e. The Kier molecular flexibility index (Phi) is 5.10. The molecule has 1 amide bonds. The highest BCUT2D eigenvalue weighted by molar-refractivity contribution is 5.95. The minimum atomic E-state index is -0.469. The summed E-state index contributed by atoms with van der Waals surface area (Å²) in [6.45, 7) is 1.63. The number of amides is 1. The molecule has 1 atom stereocenters. The summed E-state index contributed by atoms with van der Waals surface area (Å²) < 4.78 is 0. The van der Waals surface area contributed by atoms with Gasteiger partial charge in [0.1, 0.15) is 5.69 Å². The summed E-state index contributed by atoms with van der Waals surface area (Å²) >= 11 is 0. The fourth-order valence-electron chi connectivity index (χ4n) is 2.45. The Balaban J connectivity index is 2.10. The summed E-state index contributed by atoms with van der Waals surface area (Å²) in [5.74, 6) is -0.335. The van der Waals surface area contributed by atoms with Gasteiger partial charge in [0.2, 0.25) is 0 Å². The van der Waals surface area contributed by atoms with E-state index in [1.54, 1.807) is 12.1 Å².